The Morgan fingerprint density at radius 3 is 2.50 bits per heavy atom. The first-order valence-corrected chi connectivity index (χ1v) is 12.7. The van der Waals surface area contributed by atoms with Crippen LogP contribution in [0, 0.1) is 18.3 Å². The fraction of sp³-hybridized carbons (Fsp3) is 0.107. The molecule has 0 unspecified atom stereocenters. The van der Waals surface area contributed by atoms with E-state index in [1.54, 1.807) is 54.1 Å². The van der Waals surface area contributed by atoms with Gasteiger partial charge in [0.15, 0.2) is 5.03 Å². The molecule has 5 aromatic rings. The molecule has 8 heteroatoms. The third kappa shape index (κ3) is 4.10. The van der Waals surface area contributed by atoms with Gasteiger partial charge >= 0.3 is 0 Å². The highest BCUT2D eigenvalue weighted by Gasteiger charge is 2.24. The molecule has 178 valence electrons. The molecule has 7 nitrogen and oxygen atoms in total. The van der Waals surface area contributed by atoms with E-state index < -0.39 is 9.84 Å². The standard InChI is InChI=1S/C28H22N4O3S/c1-19-4-3-5-22(12-19)24-14-27(33)31(2)26-11-10-23(13-25(24)26)36(34,35)28-16-30-18-32(28)17-21-8-6-20(15-29)7-9-21/h3-14,16,18H,17H2,1-2H3. The molecular weight excluding hydrogens is 472 g/mol. The van der Waals surface area contributed by atoms with E-state index >= 15 is 0 Å². The molecule has 0 saturated carbocycles. The molecular formula is C28H22N4O3S. The van der Waals surface area contributed by atoms with E-state index in [1.807, 2.05) is 31.2 Å². The molecule has 0 aliphatic heterocycles. The second-order valence-electron chi connectivity index (χ2n) is 8.68. The maximum Gasteiger partial charge on any atom is 0.251 e. The van der Waals surface area contributed by atoms with Crippen LogP contribution in [0.15, 0.2) is 100 Å². The molecule has 0 fully saturated rings. The average molecular weight is 495 g/mol. The highest BCUT2D eigenvalue weighted by atomic mass is 32.2. The molecule has 2 aromatic heterocycles. The van der Waals surface area contributed by atoms with Gasteiger partial charge in [-0.05, 0) is 53.9 Å². The van der Waals surface area contributed by atoms with Crippen molar-refractivity contribution < 1.29 is 8.42 Å². The Kier molecular flexibility index (Phi) is 5.78. The lowest BCUT2D eigenvalue weighted by molar-refractivity contribution is 0.581. The smallest absolute Gasteiger partial charge is 0.251 e. The molecule has 5 rings (SSSR count). The van der Waals surface area contributed by atoms with Gasteiger partial charge in [0.25, 0.3) is 5.56 Å². The van der Waals surface area contributed by atoms with Crippen molar-refractivity contribution in [2.24, 2.45) is 7.05 Å². The summed E-state index contributed by atoms with van der Waals surface area (Å²) in [6, 6.07) is 23.2. The molecule has 0 saturated heterocycles. The highest BCUT2D eigenvalue weighted by molar-refractivity contribution is 7.91. The van der Waals surface area contributed by atoms with E-state index in [2.05, 4.69) is 11.1 Å². The fourth-order valence-corrected chi connectivity index (χ4v) is 5.69. The summed E-state index contributed by atoms with van der Waals surface area (Å²) in [5.41, 5.74) is 4.42. The van der Waals surface area contributed by atoms with E-state index in [-0.39, 0.29) is 22.0 Å². The van der Waals surface area contributed by atoms with Gasteiger partial charge in [-0.15, -0.1) is 0 Å². The van der Waals surface area contributed by atoms with Gasteiger partial charge in [-0.25, -0.2) is 13.4 Å². The van der Waals surface area contributed by atoms with Crippen molar-refractivity contribution >= 4 is 20.7 Å². The first kappa shape index (κ1) is 23.3. The number of imidazole rings is 1. The van der Waals surface area contributed by atoms with Crippen LogP contribution >= 0.6 is 0 Å². The minimum absolute atomic E-state index is 0.0631. The third-order valence-electron chi connectivity index (χ3n) is 6.24. The van der Waals surface area contributed by atoms with Crippen LogP contribution in [0.2, 0.25) is 0 Å². The highest BCUT2D eigenvalue weighted by Crippen LogP contribution is 2.31. The lowest BCUT2D eigenvalue weighted by Gasteiger charge is -2.14. The van der Waals surface area contributed by atoms with Gasteiger partial charge in [0.1, 0.15) is 0 Å². The van der Waals surface area contributed by atoms with Gasteiger partial charge in [0, 0.05) is 25.0 Å². The summed E-state index contributed by atoms with van der Waals surface area (Å²) in [5, 5.41) is 9.74. The van der Waals surface area contributed by atoms with E-state index in [9.17, 15) is 13.2 Å². The number of hydrogen-bond donors (Lipinski definition) is 0. The van der Waals surface area contributed by atoms with Crippen LogP contribution in [0.1, 0.15) is 16.7 Å². The SMILES string of the molecule is Cc1cccc(-c2cc(=O)n(C)c3ccc(S(=O)(=O)c4cncn4Cc4ccc(C#N)cc4)cc23)c1. The summed E-state index contributed by atoms with van der Waals surface area (Å²) in [7, 11) is -2.25. The Bertz CT molecular complexity index is 1830. The van der Waals surface area contributed by atoms with E-state index in [1.165, 1.54) is 23.2 Å². The van der Waals surface area contributed by atoms with Gasteiger partial charge in [0.05, 0.1) is 34.6 Å². The molecule has 0 atom stereocenters. The summed E-state index contributed by atoms with van der Waals surface area (Å²) >= 11 is 0. The first-order chi connectivity index (χ1) is 17.3. The van der Waals surface area contributed by atoms with Crippen LogP contribution in [0.5, 0.6) is 0 Å². The maximum atomic E-state index is 13.7. The molecule has 0 bridgehead atoms. The van der Waals surface area contributed by atoms with Crippen molar-refractivity contribution in [1.29, 1.82) is 5.26 Å². The van der Waals surface area contributed by atoms with E-state index in [0.717, 1.165) is 16.7 Å². The molecule has 0 radical (unpaired) electrons. The van der Waals surface area contributed by atoms with Crippen LogP contribution in [-0.2, 0) is 23.4 Å². The zero-order chi connectivity index (χ0) is 25.4. The lowest BCUT2D eigenvalue weighted by Crippen LogP contribution is -2.17. The third-order valence-corrected chi connectivity index (χ3v) is 8.01. The molecule has 0 spiro atoms. The lowest BCUT2D eigenvalue weighted by atomic mass is 9.99. The number of sulfone groups is 1. The second kappa shape index (κ2) is 8.95. The number of fused-ring (bicyclic) bond motifs is 1. The van der Waals surface area contributed by atoms with Crippen LogP contribution in [-0.4, -0.2) is 22.5 Å². The predicted octanol–water partition coefficient (Wildman–Crippen LogP) is 4.46. The zero-order valence-electron chi connectivity index (χ0n) is 19.7. The number of nitriles is 1. The Morgan fingerprint density at radius 2 is 1.78 bits per heavy atom. The number of nitrogens with zero attached hydrogens (tertiary/aromatic N) is 4. The molecule has 36 heavy (non-hydrogen) atoms. The Morgan fingerprint density at radius 1 is 1.00 bits per heavy atom. The van der Waals surface area contributed by atoms with Crippen molar-refractivity contribution in [1.82, 2.24) is 14.1 Å². The van der Waals surface area contributed by atoms with Gasteiger partial charge in [-0.3, -0.25) is 4.79 Å². The normalized spacial score (nSPS) is 11.5. The van der Waals surface area contributed by atoms with E-state index in [4.69, 9.17) is 5.26 Å². The number of pyridine rings is 1. The molecule has 2 heterocycles. The van der Waals surface area contributed by atoms with E-state index in [0.29, 0.717) is 22.0 Å². The number of hydrogen-bond acceptors (Lipinski definition) is 5. The summed E-state index contributed by atoms with van der Waals surface area (Å²) in [4.78, 5) is 16.9. The topological polar surface area (TPSA) is 97.8 Å². The Balaban J connectivity index is 1.63. The van der Waals surface area contributed by atoms with Gasteiger partial charge in [-0.1, -0.05) is 42.0 Å². The minimum atomic E-state index is -3.92. The number of rotatable bonds is 5. The summed E-state index contributed by atoms with van der Waals surface area (Å²) in [6.07, 6.45) is 2.82. The number of aryl methyl sites for hydroxylation is 2. The summed E-state index contributed by atoms with van der Waals surface area (Å²) in [5.74, 6) is 0. The van der Waals surface area contributed by atoms with Crippen molar-refractivity contribution in [3.05, 3.63) is 112 Å². The quantitative estimate of drug-likeness (QED) is 0.359. The van der Waals surface area contributed by atoms with Crippen molar-refractivity contribution in [3.8, 4) is 17.2 Å². The number of aromatic nitrogens is 3. The molecule has 0 aliphatic carbocycles. The Labute approximate surface area is 208 Å². The molecule has 0 aliphatic rings. The summed E-state index contributed by atoms with van der Waals surface area (Å²) in [6.45, 7) is 2.26. The number of benzene rings is 3. The monoisotopic (exact) mass is 494 g/mol. The largest absolute Gasteiger partial charge is 0.317 e. The van der Waals surface area contributed by atoms with Crippen molar-refractivity contribution in [2.45, 2.75) is 23.4 Å². The maximum absolute atomic E-state index is 13.7. The van der Waals surface area contributed by atoms with Crippen LogP contribution in [0.25, 0.3) is 22.0 Å². The van der Waals surface area contributed by atoms with Crippen molar-refractivity contribution in [3.63, 3.8) is 0 Å². The van der Waals surface area contributed by atoms with Crippen LogP contribution < -0.4 is 5.56 Å². The fourth-order valence-electron chi connectivity index (χ4n) is 4.31. The first-order valence-electron chi connectivity index (χ1n) is 11.2. The Hall–Kier alpha value is -4.48. The molecule has 0 amide bonds. The van der Waals surface area contributed by atoms with Gasteiger partial charge in [0.2, 0.25) is 9.84 Å². The van der Waals surface area contributed by atoms with Gasteiger partial charge < -0.3 is 9.13 Å². The molecule has 3 aromatic carbocycles. The summed E-state index contributed by atoms with van der Waals surface area (Å²) < 4.78 is 30.5. The van der Waals surface area contributed by atoms with Crippen molar-refractivity contribution in [2.75, 3.05) is 0 Å². The molecule has 0 N–H and O–H groups in total. The average Bonchev–Trinajstić information content (AvgIpc) is 3.35. The van der Waals surface area contributed by atoms with Crippen LogP contribution in [0.4, 0.5) is 0 Å². The predicted molar refractivity (Wildman–Crippen MR) is 137 cm³/mol. The second-order valence-corrected chi connectivity index (χ2v) is 10.6. The zero-order valence-corrected chi connectivity index (χ0v) is 20.5. The minimum Gasteiger partial charge on any atom is -0.317 e. The van der Waals surface area contributed by atoms with Crippen LogP contribution in [0.3, 0.4) is 0 Å². The van der Waals surface area contributed by atoms with Gasteiger partial charge in [-0.2, -0.15) is 5.26 Å².